The van der Waals surface area contributed by atoms with Gasteiger partial charge in [-0.15, -0.1) is 0 Å². The van der Waals surface area contributed by atoms with Crippen molar-refractivity contribution < 1.29 is 69.3 Å². The summed E-state index contributed by atoms with van der Waals surface area (Å²) < 4.78 is 99.6. The summed E-state index contributed by atoms with van der Waals surface area (Å²) in [6.45, 7) is 3.06. The zero-order valence-electron chi connectivity index (χ0n) is 27.4. The van der Waals surface area contributed by atoms with E-state index < -0.39 is 98.6 Å². The number of halogens is 3. The Hall–Kier alpha value is -3.38. The molecule has 2 aromatic carbocycles. The highest BCUT2D eigenvalue weighted by atomic mass is 32.2. The molecule has 2 saturated carbocycles. The van der Waals surface area contributed by atoms with Crippen molar-refractivity contribution in [2.75, 3.05) is 13.6 Å². The van der Waals surface area contributed by atoms with Gasteiger partial charge in [0.25, 0.3) is 0 Å². The van der Waals surface area contributed by atoms with E-state index in [1.54, 1.807) is 55.5 Å². The van der Waals surface area contributed by atoms with Gasteiger partial charge in [-0.1, -0.05) is 74.5 Å². The molecule has 16 heteroatoms. The Balaban J connectivity index is 1.47. The summed E-state index contributed by atoms with van der Waals surface area (Å²) in [6.07, 6.45) is -1.99. The molecule has 0 radical (unpaired) electrons. The number of esters is 1. The Morgan fingerprint density at radius 3 is 2.04 bits per heavy atom. The van der Waals surface area contributed by atoms with Gasteiger partial charge in [0.05, 0.1) is 25.0 Å². The number of hydrogen-bond donors (Lipinski definition) is 2. The van der Waals surface area contributed by atoms with Crippen molar-refractivity contribution in [3.05, 3.63) is 83.1 Å². The van der Waals surface area contributed by atoms with Crippen LogP contribution in [-0.4, -0.2) is 78.0 Å². The number of alkyl halides is 3. The summed E-state index contributed by atoms with van der Waals surface area (Å²) in [6, 6.07) is 18.0. The maximum absolute atomic E-state index is 14.2. The molecule has 12 nitrogen and oxygen atoms in total. The van der Waals surface area contributed by atoms with E-state index in [1.165, 1.54) is 6.92 Å². The minimum absolute atomic E-state index is 0.0560. The third-order valence-corrected chi connectivity index (χ3v) is 11.8. The van der Waals surface area contributed by atoms with Gasteiger partial charge in [0.15, 0.2) is 17.0 Å². The highest BCUT2D eigenvalue weighted by Crippen LogP contribution is 2.77. The minimum atomic E-state index is -6.46. The summed E-state index contributed by atoms with van der Waals surface area (Å²) >= 11 is 0. The smallest absolute Gasteiger partial charge is 0.449 e. The van der Waals surface area contributed by atoms with E-state index in [1.807, 2.05) is 12.1 Å². The van der Waals surface area contributed by atoms with E-state index in [2.05, 4.69) is 4.18 Å². The van der Waals surface area contributed by atoms with Crippen LogP contribution in [-0.2, 0) is 60.8 Å². The quantitative estimate of drug-likeness (QED) is 0.107. The SMILES string of the molecule is CC1=C(OS(=O)(=O)C(F)(F)F)C(=O)[C@]2(O)C1(O)C13OC(=O)C[C@@]2(C)[C@@]1(OCOCc1ccccc1)CCC(C)C3OCOCc1ccccc1. The number of carbonyl (C=O) groups is 2. The predicted octanol–water partition coefficient (Wildman–Crippen LogP) is 3.80. The Morgan fingerprint density at radius 2 is 1.48 bits per heavy atom. The van der Waals surface area contributed by atoms with E-state index in [9.17, 15) is 41.4 Å². The summed E-state index contributed by atoms with van der Waals surface area (Å²) in [4.78, 5) is 27.8. The number of benzene rings is 2. The Morgan fingerprint density at radius 1 is 0.920 bits per heavy atom. The van der Waals surface area contributed by atoms with Gasteiger partial charge >= 0.3 is 21.6 Å². The van der Waals surface area contributed by atoms with Crippen LogP contribution in [0.3, 0.4) is 0 Å². The van der Waals surface area contributed by atoms with E-state index >= 15 is 0 Å². The normalized spacial score (nSPS) is 35.1. The van der Waals surface area contributed by atoms with Gasteiger partial charge in [-0.3, -0.25) is 9.59 Å². The lowest BCUT2D eigenvalue weighted by atomic mass is 9.55. The molecular formula is C34H37F3O12S. The molecule has 272 valence electrons. The predicted molar refractivity (Wildman–Crippen MR) is 164 cm³/mol. The number of aliphatic hydroxyl groups is 2. The Bertz CT molecular complexity index is 1790. The van der Waals surface area contributed by atoms with Crippen molar-refractivity contribution in [1.29, 1.82) is 0 Å². The fourth-order valence-corrected chi connectivity index (χ4v) is 9.12. The molecule has 0 aromatic heterocycles. The lowest BCUT2D eigenvalue weighted by molar-refractivity contribution is -0.346. The molecular weight excluding hydrogens is 689 g/mol. The molecule has 2 aromatic rings. The lowest BCUT2D eigenvalue weighted by Crippen LogP contribution is -2.78. The first-order chi connectivity index (χ1) is 23.4. The lowest BCUT2D eigenvalue weighted by Gasteiger charge is -2.61. The highest BCUT2D eigenvalue weighted by molar-refractivity contribution is 7.87. The monoisotopic (exact) mass is 726 g/mol. The van der Waals surface area contributed by atoms with Gasteiger partial charge in [0.2, 0.25) is 11.4 Å². The Kier molecular flexibility index (Phi) is 9.02. The minimum Gasteiger partial charge on any atom is -0.449 e. The van der Waals surface area contributed by atoms with Crippen molar-refractivity contribution in [2.45, 2.75) is 87.3 Å². The van der Waals surface area contributed by atoms with Crippen LogP contribution in [0.1, 0.15) is 51.2 Å². The molecule has 2 N–H and O–H groups in total. The number of Topliss-reactive ketones (excluding diaryl/α,β-unsaturated/α-hetero) is 1. The third-order valence-electron chi connectivity index (χ3n) is 10.8. The number of ether oxygens (including phenoxy) is 5. The van der Waals surface area contributed by atoms with Gasteiger partial charge < -0.3 is 38.1 Å². The number of carbonyl (C=O) groups excluding carboxylic acids is 2. The van der Waals surface area contributed by atoms with Crippen molar-refractivity contribution in [3.8, 4) is 0 Å². The number of ketones is 1. The van der Waals surface area contributed by atoms with Gasteiger partial charge in [-0.05, 0) is 36.8 Å². The van der Waals surface area contributed by atoms with Crippen LogP contribution in [0.5, 0.6) is 0 Å². The molecule has 3 fully saturated rings. The standard InChI is InChI=1S/C34H37F3O12S/c1-21-14-15-30(47-20-45-18-24-12-8-5-9-13-24)29(3)16-25(38)48-33(30,28(21)46-19-44-17-23-10-6-4-7-11-23)31(40)22(2)26(27(39)32(29,31)41)49-50(42,43)34(35,36)37/h4-13,21,28,40-41H,14-20H2,1-3H3/t21?,28?,29-,30-,31?,32+,33?/m0/s1. The maximum Gasteiger partial charge on any atom is 0.534 e. The van der Waals surface area contributed by atoms with Crippen LogP contribution >= 0.6 is 0 Å². The summed E-state index contributed by atoms with van der Waals surface area (Å²) in [5.74, 6) is -4.75. The van der Waals surface area contributed by atoms with Gasteiger partial charge in [0.1, 0.15) is 25.3 Å². The first kappa shape index (κ1) is 36.4. The molecule has 2 bridgehead atoms. The largest absolute Gasteiger partial charge is 0.534 e. The molecule has 6 rings (SSSR count). The van der Waals surface area contributed by atoms with E-state index in [0.717, 1.165) is 18.1 Å². The fourth-order valence-electron chi connectivity index (χ4n) is 8.60. The van der Waals surface area contributed by atoms with Gasteiger partial charge in [-0.25, -0.2) is 0 Å². The first-order valence-electron chi connectivity index (χ1n) is 15.9. The van der Waals surface area contributed by atoms with Gasteiger partial charge in [-0.2, -0.15) is 21.6 Å². The highest BCUT2D eigenvalue weighted by Gasteiger charge is 2.98. The zero-order valence-corrected chi connectivity index (χ0v) is 28.2. The van der Waals surface area contributed by atoms with Crippen molar-refractivity contribution in [2.24, 2.45) is 11.3 Å². The second-order valence-electron chi connectivity index (χ2n) is 13.4. The van der Waals surface area contributed by atoms with E-state index in [0.29, 0.717) is 0 Å². The molecule has 4 aliphatic rings. The molecule has 1 aliphatic heterocycles. The second-order valence-corrected chi connectivity index (χ2v) is 14.9. The first-order valence-corrected chi connectivity index (χ1v) is 17.3. The summed E-state index contributed by atoms with van der Waals surface area (Å²) in [5, 5.41) is 25.6. The molecule has 50 heavy (non-hydrogen) atoms. The molecule has 0 amide bonds. The fraction of sp³-hybridized carbons (Fsp3) is 0.529. The summed E-state index contributed by atoms with van der Waals surface area (Å²) in [5.41, 5.74) is -18.3. The van der Waals surface area contributed by atoms with Crippen molar-refractivity contribution in [3.63, 3.8) is 0 Å². The maximum atomic E-state index is 14.2. The second kappa shape index (κ2) is 12.4. The number of fused-ring (bicyclic) bond motifs is 2. The van der Waals surface area contributed by atoms with Gasteiger partial charge in [0, 0.05) is 5.57 Å². The van der Waals surface area contributed by atoms with E-state index in [4.69, 9.17) is 23.7 Å². The van der Waals surface area contributed by atoms with Crippen LogP contribution in [0.4, 0.5) is 13.2 Å². The van der Waals surface area contributed by atoms with Crippen molar-refractivity contribution in [1.82, 2.24) is 0 Å². The third kappa shape index (κ3) is 4.83. The van der Waals surface area contributed by atoms with Crippen LogP contribution in [0, 0.1) is 11.3 Å². The van der Waals surface area contributed by atoms with Crippen LogP contribution in [0.2, 0.25) is 0 Å². The molecule has 3 aliphatic carbocycles. The average Bonchev–Trinajstić information content (AvgIpc) is 3.24. The van der Waals surface area contributed by atoms with Crippen LogP contribution in [0.15, 0.2) is 72.0 Å². The zero-order chi connectivity index (χ0) is 36.4. The van der Waals surface area contributed by atoms with Crippen LogP contribution < -0.4 is 0 Å². The van der Waals surface area contributed by atoms with Crippen LogP contribution in [0.25, 0.3) is 0 Å². The summed E-state index contributed by atoms with van der Waals surface area (Å²) in [7, 11) is -6.46. The Labute approximate surface area is 286 Å². The average molecular weight is 727 g/mol. The molecule has 1 heterocycles. The van der Waals surface area contributed by atoms with E-state index in [-0.39, 0.29) is 26.1 Å². The number of hydrogen-bond acceptors (Lipinski definition) is 12. The number of rotatable bonds is 12. The molecule has 7 atom stereocenters. The topological polar surface area (TPSA) is 164 Å². The molecule has 4 unspecified atom stereocenters. The molecule has 1 saturated heterocycles. The molecule has 0 spiro atoms. The van der Waals surface area contributed by atoms with Crippen molar-refractivity contribution >= 4 is 21.9 Å².